The Morgan fingerprint density at radius 2 is 1.83 bits per heavy atom. The van der Waals surface area contributed by atoms with Crippen LogP contribution in [-0.4, -0.2) is 52.2 Å². The molecule has 0 unspecified atom stereocenters. The van der Waals surface area contributed by atoms with E-state index < -0.39 is 34.4 Å². The number of benzene rings is 1. The topological polar surface area (TPSA) is 146 Å². The third-order valence-electron chi connectivity index (χ3n) is 5.51. The summed E-state index contributed by atoms with van der Waals surface area (Å²) in [5.41, 5.74) is 4.50. The third-order valence-corrected chi connectivity index (χ3v) is 5.51. The number of hydrogen-bond donors (Lipinski definition) is 4. The van der Waals surface area contributed by atoms with Crippen LogP contribution in [-0.2, 0) is 6.54 Å². The van der Waals surface area contributed by atoms with Gasteiger partial charge in [-0.1, -0.05) is 13.0 Å². The summed E-state index contributed by atoms with van der Waals surface area (Å²) in [4.78, 5) is 40.2. The molecule has 160 valence electrons. The van der Waals surface area contributed by atoms with Crippen LogP contribution >= 0.6 is 0 Å². The van der Waals surface area contributed by atoms with Gasteiger partial charge in [0.1, 0.15) is 22.7 Å². The smallest absolute Gasteiger partial charge is 0.342 e. The van der Waals surface area contributed by atoms with Gasteiger partial charge >= 0.3 is 11.9 Å². The van der Waals surface area contributed by atoms with Crippen LogP contribution in [0.1, 0.15) is 46.0 Å². The molecule has 9 heteroatoms. The number of H-pyrrole nitrogens is 1. The molecule has 0 saturated carbocycles. The fraction of sp³-hybridized carbons (Fsp3) is 0.381. The van der Waals surface area contributed by atoms with Crippen molar-refractivity contribution in [1.29, 1.82) is 0 Å². The highest BCUT2D eigenvalue weighted by Crippen LogP contribution is 2.33. The summed E-state index contributed by atoms with van der Waals surface area (Å²) in [5, 5.41) is 19.2. The number of carboxylic acids is 2. The van der Waals surface area contributed by atoms with Crippen LogP contribution in [0.5, 0.6) is 5.75 Å². The third kappa shape index (κ3) is 4.16. The van der Waals surface area contributed by atoms with Gasteiger partial charge in [0.05, 0.1) is 7.11 Å². The Morgan fingerprint density at radius 1 is 1.20 bits per heavy atom. The van der Waals surface area contributed by atoms with Gasteiger partial charge in [0.2, 0.25) is 0 Å². The lowest BCUT2D eigenvalue weighted by atomic mass is 9.93. The number of aromatic carboxylic acids is 2. The number of rotatable bonds is 6. The summed E-state index contributed by atoms with van der Waals surface area (Å²) < 4.78 is 5.45. The molecule has 1 aliphatic rings. The molecule has 0 amide bonds. The van der Waals surface area contributed by atoms with Gasteiger partial charge in [-0.25, -0.2) is 9.59 Å². The molecule has 0 aliphatic carbocycles. The van der Waals surface area contributed by atoms with Crippen molar-refractivity contribution in [2.75, 3.05) is 25.9 Å². The molecule has 1 aliphatic heterocycles. The lowest BCUT2D eigenvalue weighted by molar-refractivity contribution is 0.0695. The molecule has 2 aromatic rings. The summed E-state index contributed by atoms with van der Waals surface area (Å²) >= 11 is 0. The minimum atomic E-state index is -1.53. The molecule has 1 aromatic heterocycles. The molecule has 5 N–H and O–H groups in total. The second kappa shape index (κ2) is 8.58. The number of nitrogens with zero attached hydrogens (tertiary/aromatic N) is 1. The Kier molecular flexibility index (Phi) is 6.12. The van der Waals surface area contributed by atoms with Crippen molar-refractivity contribution in [3.05, 3.63) is 45.2 Å². The van der Waals surface area contributed by atoms with Crippen molar-refractivity contribution in [2.24, 2.45) is 5.92 Å². The number of aromatic nitrogens is 1. The largest absolute Gasteiger partial charge is 0.496 e. The number of carboxylic acid groups (broad SMARTS) is 2. The monoisotopic (exact) mass is 415 g/mol. The number of hydrogen-bond acceptors (Lipinski definition) is 6. The van der Waals surface area contributed by atoms with Crippen molar-refractivity contribution in [3.8, 4) is 16.9 Å². The van der Waals surface area contributed by atoms with Crippen molar-refractivity contribution >= 4 is 17.8 Å². The number of aromatic amines is 1. The minimum absolute atomic E-state index is 0.215. The summed E-state index contributed by atoms with van der Waals surface area (Å²) in [6.45, 7) is 4.63. The molecule has 1 fully saturated rings. The van der Waals surface area contributed by atoms with E-state index in [0.717, 1.165) is 31.5 Å². The molecule has 1 aromatic carbocycles. The van der Waals surface area contributed by atoms with E-state index in [-0.39, 0.29) is 11.1 Å². The number of pyridine rings is 1. The highest BCUT2D eigenvalue weighted by atomic mass is 16.5. The van der Waals surface area contributed by atoms with E-state index in [9.17, 15) is 24.6 Å². The zero-order chi connectivity index (χ0) is 22.0. The van der Waals surface area contributed by atoms with Crippen molar-refractivity contribution in [2.45, 2.75) is 26.3 Å². The summed E-state index contributed by atoms with van der Waals surface area (Å²) in [5.74, 6) is -2.08. The Balaban J connectivity index is 2.15. The summed E-state index contributed by atoms with van der Waals surface area (Å²) in [6, 6.07) is 4.85. The van der Waals surface area contributed by atoms with E-state index in [1.54, 1.807) is 12.1 Å². The minimum Gasteiger partial charge on any atom is -0.496 e. The van der Waals surface area contributed by atoms with Crippen LogP contribution in [0, 0.1) is 5.92 Å². The van der Waals surface area contributed by atoms with Crippen LogP contribution in [0.15, 0.2) is 23.0 Å². The predicted octanol–water partition coefficient (Wildman–Crippen LogP) is 2.26. The van der Waals surface area contributed by atoms with Crippen LogP contribution in [0.25, 0.3) is 11.1 Å². The van der Waals surface area contributed by atoms with Gasteiger partial charge < -0.3 is 25.7 Å². The predicted molar refractivity (Wildman–Crippen MR) is 111 cm³/mol. The first-order valence-electron chi connectivity index (χ1n) is 9.64. The molecule has 1 saturated heterocycles. The molecule has 9 nitrogen and oxygen atoms in total. The summed E-state index contributed by atoms with van der Waals surface area (Å²) in [7, 11) is 1.54. The lowest BCUT2D eigenvalue weighted by Gasteiger charge is -2.30. The van der Waals surface area contributed by atoms with E-state index in [2.05, 4.69) is 16.8 Å². The molecule has 3 rings (SSSR count). The number of methoxy groups -OCH3 is 1. The van der Waals surface area contributed by atoms with Crippen LogP contribution in [0.2, 0.25) is 0 Å². The first kappa shape index (κ1) is 21.4. The molecular formula is C21H25N3O6. The normalized spacial score (nSPS) is 15.1. The van der Waals surface area contributed by atoms with Gasteiger partial charge in [0, 0.05) is 17.7 Å². The average Bonchev–Trinajstić information content (AvgIpc) is 2.68. The van der Waals surface area contributed by atoms with Crippen LogP contribution < -0.4 is 16.0 Å². The Bertz CT molecular complexity index is 1040. The highest BCUT2D eigenvalue weighted by Gasteiger charge is 2.27. The van der Waals surface area contributed by atoms with E-state index in [4.69, 9.17) is 10.5 Å². The van der Waals surface area contributed by atoms with E-state index in [1.165, 1.54) is 13.2 Å². The maximum atomic E-state index is 12.3. The Labute approximate surface area is 173 Å². The van der Waals surface area contributed by atoms with Gasteiger partial charge in [-0.15, -0.1) is 0 Å². The van der Waals surface area contributed by atoms with Crippen molar-refractivity contribution in [1.82, 2.24) is 9.88 Å². The van der Waals surface area contributed by atoms with E-state index in [0.29, 0.717) is 18.2 Å². The molecule has 30 heavy (non-hydrogen) atoms. The van der Waals surface area contributed by atoms with Crippen LogP contribution in [0.3, 0.4) is 0 Å². The zero-order valence-corrected chi connectivity index (χ0v) is 16.9. The van der Waals surface area contributed by atoms with Crippen molar-refractivity contribution < 1.29 is 24.5 Å². The molecule has 0 radical (unpaired) electrons. The first-order valence-corrected chi connectivity index (χ1v) is 9.64. The fourth-order valence-corrected chi connectivity index (χ4v) is 3.85. The second-order valence-electron chi connectivity index (χ2n) is 7.59. The molecule has 0 bridgehead atoms. The maximum absolute atomic E-state index is 12.3. The van der Waals surface area contributed by atoms with E-state index in [1.807, 2.05) is 0 Å². The van der Waals surface area contributed by atoms with Crippen molar-refractivity contribution in [3.63, 3.8) is 0 Å². The molecule has 0 atom stereocenters. The van der Waals surface area contributed by atoms with Gasteiger partial charge in [0.15, 0.2) is 0 Å². The quantitative estimate of drug-likeness (QED) is 0.562. The maximum Gasteiger partial charge on any atom is 0.342 e. The second-order valence-corrected chi connectivity index (χ2v) is 7.59. The van der Waals surface area contributed by atoms with Gasteiger partial charge in [-0.05, 0) is 49.5 Å². The number of nitrogens with one attached hydrogen (secondary N) is 1. The Morgan fingerprint density at radius 3 is 2.40 bits per heavy atom. The van der Waals surface area contributed by atoms with E-state index >= 15 is 0 Å². The number of ether oxygens (including phenoxy) is 1. The lowest BCUT2D eigenvalue weighted by Crippen LogP contribution is -2.32. The average molecular weight is 415 g/mol. The summed E-state index contributed by atoms with van der Waals surface area (Å²) in [6.07, 6.45) is 2.16. The van der Waals surface area contributed by atoms with Gasteiger partial charge in [-0.3, -0.25) is 9.69 Å². The van der Waals surface area contributed by atoms with Gasteiger partial charge in [-0.2, -0.15) is 0 Å². The Hall–Kier alpha value is -3.33. The molecule has 0 spiro atoms. The number of anilines is 1. The number of carbonyl (C=O) groups is 2. The number of likely N-dealkylation sites (tertiary alicyclic amines) is 1. The molecule has 2 heterocycles. The number of nitrogens with two attached hydrogens (primary N) is 1. The highest BCUT2D eigenvalue weighted by molar-refractivity contribution is 6.07. The first-order chi connectivity index (χ1) is 14.2. The zero-order valence-electron chi connectivity index (χ0n) is 16.9. The SMILES string of the molecule is COc1ccc(-c2c(C(=O)O)c(N)[nH]c(=O)c2C(=O)O)cc1CN1CCC(C)CC1. The standard InChI is InChI=1S/C21H25N3O6/c1-11-5-7-24(8-6-11)10-13-9-12(3-4-14(13)30-2)15-16(20(26)27)18(22)23-19(25)17(15)21(28)29/h3-4,9,11H,5-8,10H2,1-2H3,(H,26,27)(H,28,29)(H3,22,23,25). The number of piperidine rings is 1. The van der Waals surface area contributed by atoms with Crippen LogP contribution in [0.4, 0.5) is 5.82 Å². The molecular weight excluding hydrogens is 390 g/mol. The number of nitrogen functional groups attached to an aromatic ring is 1. The fourth-order valence-electron chi connectivity index (χ4n) is 3.85. The van der Waals surface area contributed by atoms with Gasteiger partial charge in [0.25, 0.3) is 5.56 Å².